The minimum atomic E-state index is 0.270. The molecule has 1 fully saturated rings. The van der Waals surface area contributed by atoms with Crippen molar-refractivity contribution in [1.29, 1.82) is 0 Å². The van der Waals surface area contributed by atoms with Gasteiger partial charge in [-0.05, 0) is 31.1 Å². The van der Waals surface area contributed by atoms with Gasteiger partial charge in [0.05, 0.1) is 14.2 Å². The lowest BCUT2D eigenvalue weighted by atomic mass is 9.79. The predicted octanol–water partition coefficient (Wildman–Crippen LogP) is 2.13. The number of rotatable bonds is 4. The van der Waals surface area contributed by atoms with Gasteiger partial charge in [0.1, 0.15) is 0 Å². The van der Waals surface area contributed by atoms with Gasteiger partial charge in [0.2, 0.25) is 5.95 Å². The van der Waals surface area contributed by atoms with E-state index < -0.39 is 0 Å². The van der Waals surface area contributed by atoms with Gasteiger partial charge >= 0.3 is 12.0 Å². The summed E-state index contributed by atoms with van der Waals surface area (Å²) in [6.07, 6.45) is 3.51. The molecule has 0 amide bonds. The number of ether oxygens (including phenoxy) is 2. The fourth-order valence-electron chi connectivity index (χ4n) is 2.45. The third kappa shape index (κ3) is 3.45. The number of anilines is 1. The molecule has 0 aliphatic heterocycles. The fourth-order valence-corrected chi connectivity index (χ4v) is 2.45. The minimum Gasteiger partial charge on any atom is -0.467 e. The molecule has 1 N–H and O–H groups in total. The number of hydrogen-bond acceptors (Lipinski definition) is 6. The van der Waals surface area contributed by atoms with E-state index in [0.29, 0.717) is 12.0 Å². The Hall–Kier alpha value is -1.59. The monoisotopic (exact) mass is 266 g/mol. The van der Waals surface area contributed by atoms with Crippen molar-refractivity contribution >= 4 is 5.95 Å². The average molecular weight is 266 g/mol. The number of methoxy groups -OCH3 is 2. The first kappa shape index (κ1) is 13.8. The van der Waals surface area contributed by atoms with E-state index in [1.807, 2.05) is 0 Å². The van der Waals surface area contributed by atoms with Gasteiger partial charge in [0, 0.05) is 6.04 Å². The lowest BCUT2D eigenvalue weighted by Gasteiger charge is -2.32. The molecule has 1 aromatic heterocycles. The molecule has 1 aromatic rings. The smallest absolute Gasteiger partial charge is 0.324 e. The van der Waals surface area contributed by atoms with Gasteiger partial charge in [0.15, 0.2) is 0 Å². The normalized spacial score (nSPS) is 26.8. The van der Waals surface area contributed by atoms with E-state index in [0.717, 1.165) is 24.7 Å². The van der Waals surface area contributed by atoms with Gasteiger partial charge in [0.25, 0.3) is 0 Å². The zero-order chi connectivity index (χ0) is 13.8. The largest absolute Gasteiger partial charge is 0.467 e. The first-order valence-electron chi connectivity index (χ1n) is 6.73. The molecule has 6 heteroatoms. The summed E-state index contributed by atoms with van der Waals surface area (Å²) in [6, 6.07) is 0.946. The molecule has 1 aliphatic carbocycles. The van der Waals surface area contributed by atoms with Crippen molar-refractivity contribution in [2.24, 2.45) is 11.8 Å². The summed E-state index contributed by atoms with van der Waals surface area (Å²) < 4.78 is 10.1. The summed E-state index contributed by atoms with van der Waals surface area (Å²) in [4.78, 5) is 12.4. The lowest BCUT2D eigenvalue weighted by molar-refractivity contribution is 0.260. The maximum absolute atomic E-state index is 5.04. The van der Waals surface area contributed by atoms with Crippen LogP contribution in [0.1, 0.15) is 33.1 Å². The van der Waals surface area contributed by atoms with Crippen LogP contribution in [0, 0.1) is 11.8 Å². The van der Waals surface area contributed by atoms with Gasteiger partial charge in [-0.3, -0.25) is 0 Å². The Morgan fingerprint density at radius 3 is 2.11 bits per heavy atom. The van der Waals surface area contributed by atoms with Crippen molar-refractivity contribution in [2.45, 2.75) is 39.2 Å². The lowest BCUT2D eigenvalue weighted by Crippen LogP contribution is -2.31. The first-order chi connectivity index (χ1) is 9.12. The number of aromatic nitrogens is 3. The van der Waals surface area contributed by atoms with E-state index in [1.165, 1.54) is 20.6 Å². The third-order valence-electron chi connectivity index (χ3n) is 3.89. The molecule has 0 radical (unpaired) electrons. The van der Waals surface area contributed by atoms with Crippen LogP contribution in [0.25, 0.3) is 0 Å². The molecular formula is C13H22N4O2. The van der Waals surface area contributed by atoms with Crippen LogP contribution in [0.15, 0.2) is 0 Å². The molecule has 3 atom stereocenters. The summed E-state index contributed by atoms with van der Waals surface area (Å²) in [5.74, 6) is 2.04. The van der Waals surface area contributed by atoms with Crippen LogP contribution in [0.4, 0.5) is 5.95 Å². The van der Waals surface area contributed by atoms with E-state index >= 15 is 0 Å². The summed E-state index contributed by atoms with van der Waals surface area (Å²) in [5.41, 5.74) is 0. The minimum absolute atomic E-state index is 0.270. The van der Waals surface area contributed by atoms with Crippen LogP contribution in [-0.2, 0) is 0 Å². The van der Waals surface area contributed by atoms with Gasteiger partial charge in [-0.2, -0.15) is 9.97 Å². The van der Waals surface area contributed by atoms with E-state index in [2.05, 4.69) is 34.1 Å². The predicted molar refractivity (Wildman–Crippen MR) is 72.5 cm³/mol. The van der Waals surface area contributed by atoms with Crippen molar-refractivity contribution in [3.8, 4) is 12.0 Å². The topological polar surface area (TPSA) is 69.2 Å². The molecule has 0 saturated heterocycles. The van der Waals surface area contributed by atoms with E-state index in [-0.39, 0.29) is 12.0 Å². The van der Waals surface area contributed by atoms with Gasteiger partial charge in [-0.25, -0.2) is 0 Å². The number of nitrogens with zero attached hydrogens (tertiary/aromatic N) is 3. The van der Waals surface area contributed by atoms with E-state index in [4.69, 9.17) is 9.47 Å². The van der Waals surface area contributed by atoms with E-state index in [9.17, 15) is 0 Å². The molecule has 0 aromatic carbocycles. The molecule has 2 rings (SSSR count). The molecule has 0 spiro atoms. The highest BCUT2D eigenvalue weighted by atomic mass is 16.5. The van der Waals surface area contributed by atoms with Crippen LogP contribution in [0.5, 0.6) is 12.0 Å². The Balaban J connectivity index is 2.06. The highest BCUT2D eigenvalue weighted by molar-refractivity contribution is 5.29. The van der Waals surface area contributed by atoms with Crippen molar-refractivity contribution < 1.29 is 9.47 Å². The van der Waals surface area contributed by atoms with Crippen LogP contribution in [0.2, 0.25) is 0 Å². The number of nitrogens with one attached hydrogen (secondary N) is 1. The molecule has 6 nitrogen and oxygen atoms in total. The van der Waals surface area contributed by atoms with Gasteiger partial charge < -0.3 is 14.8 Å². The summed E-state index contributed by atoms with van der Waals surface area (Å²) in [6.45, 7) is 4.61. The summed E-state index contributed by atoms with van der Waals surface area (Å²) in [7, 11) is 3.06. The molecule has 3 unspecified atom stereocenters. The Kier molecular flexibility index (Phi) is 4.39. The van der Waals surface area contributed by atoms with E-state index in [1.54, 1.807) is 0 Å². The Bertz CT molecular complexity index is 405. The second kappa shape index (κ2) is 6.04. The summed E-state index contributed by atoms with van der Waals surface area (Å²) >= 11 is 0. The SMILES string of the molecule is COc1nc(NC2CCC(C)C(C)C2)nc(OC)n1. The Morgan fingerprint density at radius 1 is 0.947 bits per heavy atom. The number of hydrogen-bond donors (Lipinski definition) is 1. The first-order valence-corrected chi connectivity index (χ1v) is 6.73. The second-order valence-electron chi connectivity index (χ2n) is 5.24. The Labute approximate surface area is 114 Å². The van der Waals surface area contributed by atoms with Crippen molar-refractivity contribution in [1.82, 2.24) is 15.0 Å². The van der Waals surface area contributed by atoms with Crippen molar-refractivity contribution in [2.75, 3.05) is 19.5 Å². The highest BCUT2D eigenvalue weighted by Gasteiger charge is 2.25. The van der Waals surface area contributed by atoms with Crippen LogP contribution in [0.3, 0.4) is 0 Å². The zero-order valence-corrected chi connectivity index (χ0v) is 12.0. The maximum Gasteiger partial charge on any atom is 0.324 e. The molecule has 1 aliphatic rings. The summed E-state index contributed by atoms with van der Waals surface area (Å²) in [5, 5.41) is 3.36. The van der Waals surface area contributed by atoms with Crippen LogP contribution >= 0.6 is 0 Å². The molecule has 106 valence electrons. The molecular weight excluding hydrogens is 244 g/mol. The fraction of sp³-hybridized carbons (Fsp3) is 0.769. The Morgan fingerprint density at radius 2 is 1.58 bits per heavy atom. The maximum atomic E-state index is 5.04. The molecule has 1 saturated carbocycles. The quantitative estimate of drug-likeness (QED) is 0.900. The molecule has 1 heterocycles. The molecule has 0 bridgehead atoms. The van der Waals surface area contributed by atoms with Gasteiger partial charge in [-0.1, -0.05) is 13.8 Å². The third-order valence-corrected chi connectivity index (χ3v) is 3.89. The van der Waals surface area contributed by atoms with Crippen LogP contribution < -0.4 is 14.8 Å². The second-order valence-corrected chi connectivity index (χ2v) is 5.24. The zero-order valence-electron chi connectivity index (χ0n) is 12.0. The average Bonchev–Trinajstić information content (AvgIpc) is 2.42. The van der Waals surface area contributed by atoms with Crippen LogP contribution in [-0.4, -0.2) is 35.2 Å². The van der Waals surface area contributed by atoms with Crippen molar-refractivity contribution in [3.05, 3.63) is 0 Å². The van der Waals surface area contributed by atoms with Crippen molar-refractivity contribution in [3.63, 3.8) is 0 Å². The van der Waals surface area contributed by atoms with Gasteiger partial charge in [-0.15, -0.1) is 4.98 Å². The molecule has 19 heavy (non-hydrogen) atoms. The highest BCUT2D eigenvalue weighted by Crippen LogP contribution is 2.30. The standard InChI is InChI=1S/C13H22N4O2/c1-8-5-6-10(7-9(8)2)14-11-15-12(18-3)17-13(16-11)19-4/h8-10H,5-7H2,1-4H3,(H,14,15,16,17).